The minimum Gasteiger partial charge on any atom is -0.497 e. The molecular weight excluding hydrogens is 442 g/mol. The highest BCUT2D eigenvalue weighted by Gasteiger charge is 2.18. The smallest absolute Gasteiger partial charge is 0.291 e. The molecule has 0 aliphatic heterocycles. The number of nitrogens with one attached hydrogen (secondary N) is 1. The molecule has 0 aliphatic carbocycles. The van der Waals surface area contributed by atoms with E-state index in [4.69, 9.17) is 13.9 Å². The first kappa shape index (κ1) is 24.1. The Morgan fingerprint density at radius 1 is 1.06 bits per heavy atom. The maximum absolute atomic E-state index is 12.9. The Balaban J connectivity index is 1.39. The van der Waals surface area contributed by atoms with E-state index in [0.29, 0.717) is 23.9 Å². The lowest BCUT2D eigenvalue weighted by Gasteiger charge is -2.08. The molecule has 0 saturated carbocycles. The summed E-state index contributed by atoms with van der Waals surface area (Å²) >= 11 is 0. The third kappa shape index (κ3) is 5.74. The molecule has 0 radical (unpaired) electrons. The molecule has 7 heteroatoms. The number of rotatable bonds is 9. The molecular formula is C28H31N3O4. The third-order valence-electron chi connectivity index (χ3n) is 5.90. The van der Waals surface area contributed by atoms with Crippen molar-refractivity contribution in [3.8, 4) is 11.5 Å². The Bertz CT molecular complexity index is 1300. The van der Waals surface area contributed by atoms with Gasteiger partial charge in [-0.3, -0.25) is 9.48 Å². The molecule has 1 N–H and O–H groups in total. The predicted octanol–water partition coefficient (Wildman–Crippen LogP) is 6.10. The average molecular weight is 474 g/mol. The van der Waals surface area contributed by atoms with Gasteiger partial charge in [-0.25, -0.2) is 0 Å². The van der Waals surface area contributed by atoms with Gasteiger partial charge in [0.1, 0.15) is 23.9 Å². The van der Waals surface area contributed by atoms with E-state index in [0.717, 1.165) is 28.5 Å². The zero-order chi connectivity index (χ0) is 24.9. The quantitative estimate of drug-likeness (QED) is 0.318. The van der Waals surface area contributed by atoms with Gasteiger partial charge in [-0.05, 0) is 67.3 Å². The average Bonchev–Trinajstić information content (AvgIpc) is 3.43. The van der Waals surface area contributed by atoms with Gasteiger partial charge in [-0.2, -0.15) is 5.10 Å². The van der Waals surface area contributed by atoms with E-state index in [2.05, 4.69) is 36.4 Å². The van der Waals surface area contributed by atoms with E-state index in [-0.39, 0.29) is 18.3 Å². The van der Waals surface area contributed by atoms with Crippen LogP contribution in [0.15, 0.2) is 65.1 Å². The summed E-state index contributed by atoms with van der Waals surface area (Å²) in [5, 5.41) is 7.55. The van der Waals surface area contributed by atoms with Gasteiger partial charge in [0, 0.05) is 0 Å². The highest BCUT2D eigenvalue weighted by Crippen LogP contribution is 2.24. The first-order chi connectivity index (χ1) is 16.8. The Kier molecular flexibility index (Phi) is 7.25. The van der Waals surface area contributed by atoms with Crippen LogP contribution in [0.2, 0.25) is 0 Å². The summed E-state index contributed by atoms with van der Waals surface area (Å²) in [6.45, 7) is 8.92. The summed E-state index contributed by atoms with van der Waals surface area (Å²) in [5.41, 5.74) is 4.59. The van der Waals surface area contributed by atoms with Crippen LogP contribution >= 0.6 is 0 Å². The van der Waals surface area contributed by atoms with Gasteiger partial charge in [0.15, 0.2) is 5.76 Å². The van der Waals surface area contributed by atoms with E-state index >= 15 is 0 Å². The van der Waals surface area contributed by atoms with Crippen molar-refractivity contribution in [3.63, 3.8) is 0 Å². The van der Waals surface area contributed by atoms with Crippen LogP contribution in [0, 0.1) is 13.8 Å². The van der Waals surface area contributed by atoms with Crippen LogP contribution < -0.4 is 14.8 Å². The first-order valence-electron chi connectivity index (χ1n) is 11.6. The highest BCUT2D eigenvalue weighted by atomic mass is 16.5. The maximum atomic E-state index is 12.9. The van der Waals surface area contributed by atoms with Crippen molar-refractivity contribution in [2.24, 2.45) is 0 Å². The number of amides is 1. The molecule has 0 bridgehead atoms. The molecule has 0 saturated heterocycles. The summed E-state index contributed by atoms with van der Waals surface area (Å²) < 4.78 is 18.7. The molecule has 182 valence electrons. The van der Waals surface area contributed by atoms with Gasteiger partial charge in [0.25, 0.3) is 5.91 Å². The van der Waals surface area contributed by atoms with Crippen molar-refractivity contribution < 1.29 is 18.7 Å². The molecule has 4 rings (SSSR count). The molecule has 2 aromatic heterocycles. The molecule has 2 heterocycles. The number of ether oxygens (including phenoxy) is 2. The summed E-state index contributed by atoms with van der Waals surface area (Å²) in [6.07, 6.45) is 0. The molecule has 0 atom stereocenters. The molecule has 35 heavy (non-hydrogen) atoms. The number of methoxy groups -OCH3 is 1. The Morgan fingerprint density at radius 2 is 1.83 bits per heavy atom. The van der Waals surface area contributed by atoms with E-state index in [1.165, 1.54) is 5.56 Å². The standard InChI is InChI=1S/C28H31N3O4/c1-18(2)22-9-11-23(12-10-22)34-17-25-13-14-26(35-25)28(32)29-27-19(3)30-31(20(27)4)16-21-7-6-8-24(15-21)33-5/h6-15,18H,16-17H2,1-5H3,(H,29,32). The van der Waals surface area contributed by atoms with Crippen LogP contribution in [0.25, 0.3) is 0 Å². The fourth-order valence-corrected chi connectivity index (χ4v) is 3.83. The number of benzene rings is 2. The van der Waals surface area contributed by atoms with Crippen LogP contribution in [0.1, 0.15) is 58.6 Å². The largest absolute Gasteiger partial charge is 0.497 e. The Hall–Kier alpha value is -4.00. The van der Waals surface area contributed by atoms with Gasteiger partial charge in [0.05, 0.1) is 30.7 Å². The lowest BCUT2D eigenvalue weighted by atomic mass is 10.0. The molecule has 0 fully saturated rings. The van der Waals surface area contributed by atoms with Gasteiger partial charge in [0.2, 0.25) is 0 Å². The summed E-state index contributed by atoms with van der Waals surface area (Å²) in [6, 6.07) is 19.2. The van der Waals surface area contributed by atoms with Gasteiger partial charge in [-0.15, -0.1) is 0 Å². The zero-order valence-electron chi connectivity index (χ0n) is 20.8. The van der Waals surface area contributed by atoms with E-state index in [1.807, 2.05) is 54.9 Å². The van der Waals surface area contributed by atoms with E-state index < -0.39 is 0 Å². The lowest BCUT2D eigenvalue weighted by molar-refractivity contribution is 0.0992. The number of aromatic nitrogens is 2. The monoisotopic (exact) mass is 473 g/mol. The molecule has 0 spiro atoms. The fourth-order valence-electron chi connectivity index (χ4n) is 3.83. The second kappa shape index (κ2) is 10.5. The third-order valence-corrected chi connectivity index (χ3v) is 5.90. The van der Waals surface area contributed by atoms with Crippen molar-refractivity contribution in [1.29, 1.82) is 0 Å². The summed E-state index contributed by atoms with van der Waals surface area (Å²) in [5.74, 6) is 2.48. The first-order valence-corrected chi connectivity index (χ1v) is 11.6. The summed E-state index contributed by atoms with van der Waals surface area (Å²) in [7, 11) is 1.65. The molecule has 2 aromatic carbocycles. The van der Waals surface area contributed by atoms with Crippen LogP contribution in [0.3, 0.4) is 0 Å². The number of carbonyl (C=O) groups is 1. The van der Waals surface area contributed by atoms with Crippen molar-refractivity contribution >= 4 is 11.6 Å². The maximum Gasteiger partial charge on any atom is 0.291 e. The lowest BCUT2D eigenvalue weighted by Crippen LogP contribution is -2.12. The van der Waals surface area contributed by atoms with Gasteiger partial charge in [-0.1, -0.05) is 38.1 Å². The molecule has 7 nitrogen and oxygen atoms in total. The molecule has 0 aliphatic rings. The summed E-state index contributed by atoms with van der Waals surface area (Å²) in [4.78, 5) is 12.9. The Labute approximate surface area is 205 Å². The van der Waals surface area contributed by atoms with Crippen molar-refractivity contribution in [3.05, 3.63) is 94.7 Å². The number of carbonyl (C=O) groups excluding carboxylic acids is 1. The minimum atomic E-state index is -0.329. The topological polar surface area (TPSA) is 78.5 Å². The van der Waals surface area contributed by atoms with Crippen molar-refractivity contribution in [2.45, 2.75) is 46.8 Å². The second-order valence-corrected chi connectivity index (χ2v) is 8.79. The van der Waals surface area contributed by atoms with Gasteiger partial charge < -0.3 is 19.2 Å². The second-order valence-electron chi connectivity index (χ2n) is 8.79. The highest BCUT2D eigenvalue weighted by molar-refractivity contribution is 6.02. The number of nitrogens with zero attached hydrogens (tertiary/aromatic N) is 2. The number of anilines is 1. The minimum absolute atomic E-state index is 0.220. The number of aryl methyl sites for hydroxylation is 1. The number of hydrogen-bond donors (Lipinski definition) is 1. The predicted molar refractivity (Wildman–Crippen MR) is 135 cm³/mol. The van der Waals surface area contributed by atoms with E-state index in [1.54, 1.807) is 19.2 Å². The number of furan rings is 1. The van der Waals surface area contributed by atoms with Gasteiger partial charge >= 0.3 is 0 Å². The normalized spacial score (nSPS) is 11.0. The number of hydrogen-bond acceptors (Lipinski definition) is 5. The molecule has 4 aromatic rings. The van der Waals surface area contributed by atoms with Crippen LogP contribution in [0.5, 0.6) is 11.5 Å². The van der Waals surface area contributed by atoms with E-state index in [9.17, 15) is 4.79 Å². The SMILES string of the molecule is COc1cccc(Cn2nc(C)c(NC(=O)c3ccc(COc4ccc(C(C)C)cc4)o3)c2C)c1. The van der Waals surface area contributed by atoms with Crippen molar-refractivity contribution in [1.82, 2.24) is 9.78 Å². The Morgan fingerprint density at radius 3 is 2.54 bits per heavy atom. The molecule has 1 amide bonds. The fraction of sp³-hybridized carbons (Fsp3) is 0.286. The van der Waals surface area contributed by atoms with Crippen LogP contribution in [0.4, 0.5) is 5.69 Å². The molecule has 0 unspecified atom stereocenters. The van der Waals surface area contributed by atoms with Crippen LogP contribution in [-0.4, -0.2) is 22.8 Å². The van der Waals surface area contributed by atoms with Crippen LogP contribution in [-0.2, 0) is 13.2 Å². The van der Waals surface area contributed by atoms with Crippen molar-refractivity contribution in [2.75, 3.05) is 12.4 Å². The zero-order valence-corrected chi connectivity index (χ0v) is 20.8.